The zero-order valence-electron chi connectivity index (χ0n) is 36.6. The first-order valence-corrected chi connectivity index (χ1v) is 22.9. The van der Waals surface area contributed by atoms with E-state index in [1.807, 2.05) is 12.1 Å². The minimum Gasteiger partial charge on any atom is -0.456 e. The molecule has 0 N–H and O–H groups in total. The highest BCUT2D eigenvalue weighted by Crippen LogP contribution is 2.40. The zero-order chi connectivity index (χ0) is 44.3. The highest BCUT2D eigenvalue weighted by molar-refractivity contribution is 6.09. The molecule has 0 fully saturated rings. The number of furan rings is 1. The van der Waals surface area contributed by atoms with Crippen LogP contribution in [-0.4, -0.2) is 4.57 Å². The molecule has 0 aliphatic carbocycles. The normalized spacial score (nSPS) is 11.6. The summed E-state index contributed by atoms with van der Waals surface area (Å²) in [6, 6.07) is 92.0. The van der Waals surface area contributed by atoms with Crippen molar-refractivity contribution in [2.24, 2.45) is 0 Å². The Hall–Kier alpha value is -8.92. The first-order valence-electron chi connectivity index (χ1n) is 22.9. The largest absolute Gasteiger partial charge is 0.456 e. The van der Waals surface area contributed by atoms with Crippen LogP contribution in [0.4, 0.5) is 17.1 Å². The lowest BCUT2D eigenvalue weighted by molar-refractivity contribution is 0.669. The van der Waals surface area contributed by atoms with Crippen LogP contribution in [0.25, 0.3) is 105 Å². The topological polar surface area (TPSA) is 21.3 Å². The second kappa shape index (κ2) is 16.0. The predicted molar refractivity (Wildman–Crippen MR) is 282 cm³/mol. The summed E-state index contributed by atoms with van der Waals surface area (Å²) in [4.78, 5) is 2.35. The fraction of sp³-hybridized carbons (Fsp3) is 0. The summed E-state index contributed by atoms with van der Waals surface area (Å²) in [6.07, 6.45) is 0. The van der Waals surface area contributed by atoms with Gasteiger partial charge < -0.3 is 13.9 Å². The van der Waals surface area contributed by atoms with Crippen LogP contribution in [0.5, 0.6) is 0 Å². The van der Waals surface area contributed by atoms with E-state index in [-0.39, 0.29) is 0 Å². The summed E-state index contributed by atoms with van der Waals surface area (Å²) >= 11 is 0. The zero-order valence-corrected chi connectivity index (χ0v) is 36.6. The van der Waals surface area contributed by atoms with Gasteiger partial charge in [0.15, 0.2) is 0 Å². The number of fused-ring (bicyclic) bond motifs is 7. The van der Waals surface area contributed by atoms with Gasteiger partial charge in [0.05, 0.1) is 11.0 Å². The molecule has 67 heavy (non-hydrogen) atoms. The first-order chi connectivity index (χ1) is 33.2. The quantitative estimate of drug-likeness (QED) is 0.152. The Kier molecular flexibility index (Phi) is 9.17. The van der Waals surface area contributed by atoms with Gasteiger partial charge >= 0.3 is 0 Å². The molecule has 0 saturated heterocycles. The van der Waals surface area contributed by atoms with Gasteiger partial charge in [-0.05, 0) is 146 Å². The molecule has 0 spiro atoms. The van der Waals surface area contributed by atoms with E-state index in [0.717, 1.165) is 61.4 Å². The molecule has 0 bridgehead atoms. The third kappa shape index (κ3) is 6.84. The standard InChI is InChI=1S/C64H42N2O/c1-2-12-47-40-51(24-23-43(47)11-1)49-14-9-13-48(39-49)44-25-32-53(33-26-44)65(55-36-29-46(30-37-55)52-31-38-60-59-19-5-8-22-63(59)67-64(60)42-52)54-34-27-45(28-35-54)50-15-10-16-56(41-50)66-61-20-6-3-17-57(61)58-18-4-7-21-62(58)66/h1-42H. The number of para-hydroxylation sites is 3. The summed E-state index contributed by atoms with van der Waals surface area (Å²) in [5, 5.41) is 7.29. The molecule has 0 unspecified atom stereocenters. The van der Waals surface area contributed by atoms with Crippen molar-refractivity contribution in [3.05, 3.63) is 255 Å². The minimum atomic E-state index is 0.896. The van der Waals surface area contributed by atoms with Gasteiger partial charge in [-0.15, -0.1) is 0 Å². The number of rotatable bonds is 8. The van der Waals surface area contributed by atoms with E-state index in [1.165, 1.54) is 60.4 Å². The van der Waals surface area contributed by atoms with Gasteiger partial charge in [-0.2, -0.15) is 0 Å². The second-order valence-corrected chi connectivity index (χ2v) is 17.3. The Morgan fingerprint density at radius 1 is 0.269 bits per heavy atom. The maximum atomic E-state index is 6.27. The summed E-state index contributed by atoms with van der Waals surface area (Å²) in [5.74, 6) is 0. The molecule has 0 radical (unpaired) electrons. The van der Waals surface area contributed by atoms with E-state index in [4.69, 9.17) is 4.42 Å². The molecule has 0 aliphatic rings. The number of nitrogens with zero attached hydrogens (tertiary/aromatic N) is 2. The van der Waals surface area contributed by atoms with Crippen molar-refractivity contribution in [2.75, 3.05) is 4.90 Å². The molecule has 0 atom stereocenters. The monoisotopic (exact) mass is 854 g/mol. The molecule has 2 heterocycles. The molecule has 0 saturated carbocycles. The third-order valence-corrected chi connectivity index (χ3v) is 13.4. The van der Waals surface area contributed by atoms with E-state index in [9.17, 15) is 0 Å². The third-order valence-electron chi connectivity index (χ3n) is 13.4. The van der Waals surface area contributed by atoms with Gasteiger partial charge in [-0.1, -0.05) is 164 Å². The molecule has 13 rings (SSSR count). The van der Waals surface area contributed by atoms with Gasteiger partial charge in [0, 0.05) is 44.3 Å². The van der Waals surface area contributed by atoms with E-state index in [2.05, 4.69) is 252 Å². The molecular weight excluding hydrogens is 813 g/mol. The fourth-order valence-electron chi connectivity index (χ4n) is 10.0. The molecule has 3 nitrogen and oxygen atoms in total. The number of hydrogen-bond acceptors (Lipinski definition) is 2. The highest BCUT2D eigenvalue weighted by Gasteiger charge is 2.17. The number of anilines is 3. The van der Waals surface area contributed by atoms with Crippen molar-refractivity contribution in [3.8, 4) is 50.2 Å². The van der Waals surface area contributed by atoms with E-state index in [0.29, 0.717) is 0 Å². The second-order valence-electron chi connectivity index (χ2n) is 17.3. The smallest absolute Gasteiger partial charge is 0.136 e. The van der Waals surface area contributed by atoms with Gasteiger partial charge in [-0.3, -0.25) is 0 Å². The number of aromatic nitrogens is 1. The van der Waals surface area contributed by atoms with Crippen molar-refractivity contribution >= 4 is 71.6 Å². The molecule has 314 valence electrons. The molecule has 13 aromatic rings. The predicted octanol–water partition coefficient (Wildman–Crippen LogP) is 18.0. The average molecular weight is 855 g/mol. The maximum absolute atomic E-state index is 6.27. The molecule has 2 aromatic heterocycles. The molecular formula is C64H42N2O. The van der Waals surface area contributed by atoms with Crippen molar-refractivity contribution in [1.29, 1.82) is 0 Å². The van der Waals surface area contributed by atoms with E-state index >= 15 is 0 Å². The number of benzene rings is 11. The Bertz CT molecular complexity index is 3920. The Morgan fingerprint density at radius 2 is 0.716 bits per heavy atom. The summed E-state index contributed by atoms with van der Waals surface area (Å²) in [6.45, 7) is 0. The van der Waals surface area contributed by atoms with Crippen molar-refractivity contribution in [3.63, 3.8) is 0 Å². The lowest BCUT2D eigenvalue weighted by Crippen LogP contribution is -2.09. The van der Waals surface area contributed by atoms with Crippen molar-refractivity contribution in [1.82, 2.24) is 4.57 Å². The van der Waals surface area contributed by atoms with Gasteiger partial charge in [0.2, 0.25) is 0 Å². The molecule has 11 aromatic carbocycles. The van der Waals surface area contributed by atoms with Crippen LogP contribution in [-0.2, 0) is 0 Å². The fourth-order valence-corrected chi connectivity index (χ4v) is 10.0. The van der Waals surface area contributed by atoms with Gasteiger partial charge in [-0.25, -0.2) is 0 Å². The lowest BCUT2D eigenvalue weighted by atomic mass is 9.97. The van der Waals surface area contributed by atoms with Crippen LogP contribution in [0, 0.1) is 0 Å². The first kappa shape index (κ1) is 38.5. The van der Waals surface area contributed by atoms with Crippen LogP contribution in [0.3, 0.4) is 0 Å². The molecule has 0 aliphatic heterocycles. The van der Waals surface area contributed by atoms with Crippen LogP contribution >= 0.6 is 0 Å². The van der Waals surface area contributed by atoms with Crippen LogP contribution in [0.1, 0.15) is 0 Å². The van der Waals surface area contributed by atoms with E-state index < -0.39 is 0 Å². The van der Waals surface area contributed by atoms with Gasteiger partial charge in [0.1, 0.15) is 11.2 Å². The molecule has 3 heteroatoms. The number of hydrogen-bond donors (Lipinski definition) is 0. The Balaban J connectivity index is 0.857. The Labute approximate surface area is 388 Å². The minimum absolute atomic E-state index is 0.896. The Morgan fingerprint density at radius 3 is 1.36 bits per heavy atom. The van der Waals surface area contributed by atoms with Crippen molar-refractivity contribution < 1.29 is 4.42 Å². The highest BCUT2D eigenvalue weighted by atomic mass is 16.3. The van der Waals surface area contributed by atoms with Crippen LogP contribution in [0.2, 0.25) is 0 Å². The van der Waals surface area contributed by atoms with E-state index in [1.54, 1.807) is 0 Å². The summed E-state index contributed by atoms with van der Waals surface area (Å²) in [7, 11) is 0. The molecule has 0 amide bonds. The summed E-state index contributed by atoms with van der Waals surface area (Å²) < 4.78 is 8.65. The lowest BCUT2D eigenvalue weighted by Gasteiger charge is -2.26. The van der Waals surface area contributed by atoms with Crippen LogP contribution < -0.4 is 4.90 Å². The summed E-state index contributed by atoms with van der Waals surface area (Å²) in [5.41, 5.74) is 17.9. The SMILES string of the molecule is c1cc(-c2ccc(N(c3ccc(-c4cccc(-n5c6ccccc6c6ccccc65)c4)cc3)c3ccc(-c4ccc5c(c4)oc4ccccc45)cc3)cc2)cc(-c2ccc3ccccc3c2)c1. The average Bonchev–Trinajstić information content (AvgIpc) is 3.95. The maximum Gasteiger partial charge on any atom is 0.136 e. The van der Waals surface area contributed by atoms with Gasteiger partial charge in [0.25, 0.3) is 0 Å². The van der Waals surface area contributed by atoms with Crippen molar-refractivity contribution in [2.45, 2.75) is 0 Å². The van der Waals surface area contributed by atoms with Crippen LogP contribution in [0.15, 0.2) is 259 Å².